The molecule has 8 nitrogen and oxygen atoms in total. The van der Waals surface area contributed by atoms with E-state index < -0.39 is 29.2 Å². The van der Waals surface area contributed by atoms with Gasteiger partial charge in [-0.25, -0.2) is 0 Å². The van der Waals surface area contributed by atoms with Crippen LogP contribution in [0.1, 0.15) is 47.2 Å². The third-order valence-electron chi connectivity index (χ3n) is 9.94. The van der Waals surface area contributed by atoms with E-state index >= 15 is 0 Å². The number of methoxy groups -OCH3 is 2. The molecule has 0 aliphatic carbocycles. The van der Waals surface area contributed by atoms with E-state index in [1.165, 1.54) is 14.2 Å². The first-order valence-corrected chi connectivity index (χ1v) is 18.1. The Morgan fingerprint density at radius 2 is 0.768 bits per heavy atom. The molecule has 0 amide bonds. The van der Waals surface area contributed by atoms with E-state index in [1.807, 2.05) is 149 Å². The second-order valence-electron chi connectivity index (χ2n) is 14.2. The van der Waals surface area contributed by atoms with E-state index in [4.69, 9.17) is 18.9 Å². The quantitative estimate of drug-likeness (QED) is 0.108. The van der Waals surface area contributed by atoms with Crippen molar-refractivity contribution in [1.82, 2.24) is 0 Å². The Morgan fingerprint density at radius 1 is 0.500 bits per heavy atom. The minimum Gasteiger partial charge on any atom is -0.504 e. The van der Waals surface area contributed by atoms with Crippen LogP contribution in [-0.4, -0.2) is 52.6 Å². The molecule has 1 aliphatic rings. The second-order valence-corrected chi connectivity index (χ2v) is 14.2. The first-order chi connectivity index (χ1) is 26.3. The standard InChI is InChI=1S/C31H30O4.C16H18O4.Ti/c1-29(2)34-27(30(32,23-15-7-3-8-16-23)24-17-9-4-10-18-24)28(35-29)31(33,25-19-11-5-12-20-25)26-21-13-6-14-22-26;1-9-5-11(15(17)13(7-9)19-3)12-6-10(2)8-14(20-4)16(12)18;/h3-22,27-28,32-33H,1-2H3;5-8,17-18H,1-4H3;/t27-,28-;;/m1../s1. The van der Waals surface area contributed by atoms with Crippen LogP contribution in [-0.2, 0) is 42.4 Å². The minimum absolute atomic E-state index is 0. The summed E-state index contributed by atoms with van der Waals surface area (Å²) in [6.07, 6.45) is -1.87. The molecule has 1 saturated heterocycles. The molecule has 1 heterocycles. The number of phenolic OH excluding ortho intramolecular Hbond substituents is 2. The fraction of sp³-hybridized carbons (Fsp3) is 0.234. The average Bonchev–Trinajstić information content (AvgIpc) is 3.56. The van der Waals surface area contributed by atoms with Crippen molar-refractivity contribution >= 4 is 0 Å². The topological polar surface area (TPSA) is 118 Å². The zero-order valence-electron chi connectivity index (χ0n) is 32.4. The Balaban J connectivity index is 0.000000244. The zero-order chi connectivity index (χ0) is 39.4. The van der Waals surface area contributed by atoms with Gasteiger partial charge in [0, 0.05) is 32.8 Å². The van der Waals surface area contributed by atoms with Gasteiger partial charge in [0.05, 0.1) is 14.2 Å². The van der Waals surface area contributed by atoms with Gasteiger partial charge in [-0.1, -0.05) is 121 Å². The van der Waals surface area contributed by atoms with Gasteiger partial charge in [-0.05, 0) is 85.3 Å². The number of hydrogen-bond acceptors (Lipinski definition) is 8. The first-order valence-electron chi connectivity index (χ1n) is 18.1. The van der Waals surface area contributed by atoms with Crippen LogP contribution < -0.4 is 9.47 Å². The van der Waals surface area contributed by atoms with E-state index in [0.29, 0.717) is 44.9 Å². The van der Waals surface area contributed by atoms with Gasteiger partial charge < -0.3 is 39.4 Å². The molecule has 4 N–H and O–H groups in total. The van der Waals surface area contributed by atoms with Crippen LogP contribution in [0.25, 0.3) is 11.1 Å². The monoisotopic (exact) mass is 788 g/mol. The molecule has 288 valence electrons. The molecule has 0 unspecified atom stereocenters. The molecule has 0 spiro atoms. The Hall–Kier alpha value is -4.93. The maximum atomic E-state index is 12.6. The third-order valence-corrected chi connectivity index (χ3v) is 9.94. The van der Waals surface area contributed by atoms with Crippen LogP contribution in [0.5, 0.6) is 23.0 Å². The number of aromatic hydroxyl groups is 2. The van der Waals surface area contributed by atoms with E-state index in [2.05, 4.69) is 0 Å². The fourth-order valence-corrected chi connectivity index (χ4v) is 7.34. The van der Waals surface area contributed by atoms with Gasteiger partial charge in [0.1, 0.15) is 23.4 Å². The third kappa shape index (κ3) is 8.27. The summed E-state index contributed by atoms with van der Waals surface area (Å²) in [7, 11) is 2.99. The second kappa shape index (κ2) is 17.5. The predicted molar refractivity (Wildman–Crippen MR) is 213 cm³/mol. The molecule has 9 heteroatoms. The van der Waals surface area contributed by atoms with Crippen LogP contribution in [0.4, 0.5) is 0 Å². The number of hydrogen-bond donors (Lipinski definition) is 4. The van der Waals surface area contributed by atoms with Crippen molar-refractivity contribution in [3.63, 3.8) is 0 Å². The SMILES string of the molecule is CC1(C)O[C@@H](C(O)(c2ccccc2)c2ccccc2)[C@H](C(O)(c2ccccc2)c2ccccc2)O1.COc1cc(C)cc(-c2cc(C)cc(OC)c2O)c1O.[Ti]. The van der Waals surface area contributed by atoms with Gasteiger partial charge >= 0.3 is 0 Å². The van der Waals surface area contributed by atoms with Crippen molar-refractivity contribution in [2.24, 2.45) is 0 Å². The minimum atomic E-state index is -1.60. The van der Waals surface area contributed by atoms with Gasteiger partial charge in [-0.3, -0.25) is 0 Å². The molecule has 7 rings (SSSR count). The van der Waals surface area contributed by atoms with Crippen LogP contribution in [0.3, 0.4) is 0 Å². The van der Waals surface area contributed by atoms with Gasteiger partial charge in [-0.15, -0.1) is 0 Å². The summed E-state index contributed by atoms with van der Waals surface area (Å²) in [5, 5.41) is 45.7. The zero-order valence-corrected chi connectivity index (χ0v) is 34.0. The molecule has 6 aromatic rings. The number of aliphatic hydroxyl groups is 2. The maximum absolute atomic E-state index is 12.6. The summed E-state index contributed by atoms with van der Waals surface area (Å²) in [5.74, 6) is -0.299. The molecule has 0 bridgehead atoms. The number of aryl methyl sites for hydroxylation is 2. The van der Waals surface area contributed by atoms with Crippen molar-refractivity contribution in [2.45, 2.75) is 56.9 Å². The average molecular weight is 789 g/mol. The Bertz CT molecular complexity index is 1960. The van der Waals surface area contributed by atoms with Crippen molar-refractivity contribution in [2.75, 3.05) is 14.2 Å². The summed E-state index contributed by atoms with van der Waals surface area (Å²) < 4.78 is 23.3. The largest absolute Gasteiger partial charge is 0.504 e. The molecule has 0 saturated carbocycles. The van der Waals surface area contributed by atoms with Gasteiger partial charge in [0.2, 0.25) is 0 Å². The van der Waals surface area contributed by atoms with Gasteiger partial charge in [0.25, 0.3) is 0 Å². The molecular weight excluding hydrogens is 740 g/mol. The first kappa shape index (κ1) is 42.2. The van der Waals surface area contributed by atoms with Crippen LogP contribution in [0.2, 0.25) is 0 Å². The molecule has 56 heavy (non-hydrogen) atoms. The molecule has 6 aromatic carbocycles. The molecule has 1 aliphatic heterocycles. The van der Waals surface area contributed by atoms with Crippen molar-refractivity contribution < 1.29 is 61.1 Å². The van der Waals surface area contributed by atoms with Crippen molar-refractivity contribution in [3.8, 4) is 34.1 Å². The van der Waals surface area contributed by atoms with E-state index in [9.17, 15) is 20.4 Å². The number of rotatable bonds is 9. The Kier molecular flexibility index (Phi) is 13.2. The Morgan fingerprint density at radius 3 is 1.02 bits per heavy atom. The Labute approximate surface area is 343 Å². The summed E-state index contributed by atoms with van der Waals surface area (Å²) in [5.41, 5.74) is 2.32. The van der Waals surface area contributed by atoms with Crippen LogP contribution in [0.15, 0.2) is 146 Å². The summed E-state index contributed by atoms with van der Waals surface area (Å²) in [6.45, 7) is 7.42. The van der Waals surface area contributed by atoms with Crippen LogP contribution >= 0.6 is 0 Å². The molecule has 2 atom stereocenters. The van der Waals surface area contributed by atoms with E-state index in [0.717, 1.165) is 11.1 Å². The number of phenols is 2. The van der Waals surface area contributed by atoms with Crippen molar-refractivity contribution in [3.05, 3.63) is 179 Å². The molecule has 0 aromatic heterocycles. The fourth-order valence-electron chi connectivity index (χ4n) is 7.34. The van der Waals surface area contributed by atoms with Gasteiger partial charge in [-0.2, -0.15) is 0 Å². The maximum Gasteiger partial charge on any atom is 0.165 e. The van der Waals surface area contributed by atoms with Gasteiger partial charge in [0.15, 0.2) is 28.8 Å². The smallest absolute Gasteiger partial charge is 0.165 e. The number of benzene rings is 6. The van der Waals surface area contributed by atoms with E-state index in [-0.39, 0.29) is 33.2 Å². The number of ether oxygens (including phenoxy) is 4. The predicted octanol–water partition coefficient (Wildman–Crippen LogP) is 8.78. The summed E-state index contributed by atoms with van der Waals surface area (Å²) in [4.78, 5) is 0. The summed E-state index contributed by atoms with van der Waals surface area (Å²) >= 11 is 0. The van der Waals surface area contributed by atoms with Crippen molar-refractivity contribution in [1.29, 1.82) is 0 Å². The normalized spacial score (nSPS) is 16.2. The van der Waals surface area contributed by atoms with Crippen LogP contribution in [0, 0.1) is 13.8 Å². The van der Waals surface area contributed by atoms with E-state index in [1.54, 1.807) is 24.3 Å². The summed E-state index contributed by atoms with van der Waals surface area (Å²) in [6, 6.07) is 44.8. The molecule has 1 fully saturated rings. The molecule has 0 radical (unpaired) electrons. The molecular formula is C47H48O8Ti.